The molecule has 0 atom stereocenters. The predicted molar refractivity (Wildman–Crippen MR) is 58.8 cm³/mol. The van der Waals surface area contributed by atoms with E-state index < -0.39 is 5.82 Å². The maximum atomic E-state index is 13.7. The van der Waals surface area contributed by atoms with Crippen LogP contribution in [-0.4, -0.2) is 12.1 Å². The molecule has 1 aromatic carbocycles. The van der Waals surface area contributed by atoms with Crippen LogP contribution >= 0.6 is 15.9 Å². The lowest BCUT2D eigenvalue weighted by atomic mass is 10.2. The van der Waals surface area contributed by atoms with Gasteiger partial charge in [0, 0.05) is 16.7 Å². The first kappa shape index (κ1) is 10.2. The summed E-state index contributed by atoms with van der Waals surface area (Å²) in [6.07, 6.45) is 1.47. The summed E-state index contributed by atoms with van der Waals surface area (Å²) in [7, 11) is 1.35. The minimum absolute atomic E-state index is 0.00345. The normalized spacial score (nSPS) is 10.6. The Hall–Kier alpha value is -1.36. The van der Waals surface area contributed by atoms with E-state index in [1.807, 2.05) is 0 Å². The first-order valence-electron chi connectivity index (χ1n) is 4.18. The van der Waals surface area contributed by atoms with E-state index in [1.165, 1.54) is 25.4 Å². The van der Waals surface area contributed by atoms with E-state index in [2.05, 4.69) is 20.9 Å². The number of methoxy groups -OCH3 is 1. The Balaban J connectivity index is 3.01. The Morgan fingerprint density at radius 1 is 1.53 bits per heavy atom. The van der Waals surface area contributed by atoms with Crippen LogP contribution in [-0.2, 0) is 0 Å². The predicted octanol–water partition coefficient (Wildman–Crippen LogP) is 2.44. The summed E-state index contributed by atoms with van der Waals surface area (Å²) in [5, 5.41) is 0.00345. The molecule has 2 rings (SSSR count). The minimum Gasteiger partial charge on any atom is -0.494 e. The van der Waals surface area contributed by atoms with Crippen molar-refractivity contribution in [1.29, 1.82) is 0 Å². The van der Waals surface area contributed by atoms with E-state index in [9.17, 15) is 9.18 Å². The van der Waals surface area contributed by atoms with Gasteiger partial charge in [0.25, 0.3) is 0 Å². The van der Waals surface area contributed by atoms with Crippen molar-refractivity contribution in [3.63, 3.8) is 0 Å². The number of pyridine rings is 1. The molecule has 1 N–H and O–H groups in total. The molecule has 1 aromatic heterocycles. The van der Waals surface area contributed by atoms with Crippen molar-refractivity contribution >= 4 is 26.8 Å². The molecular formula is C10H7BrFNO2. The van der Waals surface area contributed by atoms with Gasteiger partial charge in [-0.2, -0.15) is 0 Å². The van der Waals surface area contributed by atoms with E-state index >= 15 is 0 Å². The van der Waals surface area contributed by atoms with Crippen LogP contribution in [0, 0.1) is 5.82 Å². The lowest BCUT2D eigenvalue weighted by Crippen LogP contribution is -2.04. The third kappa shape index (κ3) is 1.52. The molecule has 0 fully saturated rings. The molecule has 0 saturated heterocycles. The fourth-order valence-electron chi connectivity index (χ4n) is 1.41. The van der Waals surface area contributed by atoms with E-state index in [0.29, 0.717) is 9.99 Å². The van der Waals surface area contributed by atoms with Gasteiger partial charge in [0.1, 0.15) is 0 Å². The lowest BCUT2D eigenvalue weighted by molar-refractivity contribution is 0.388. The Labute approximate surface area is 93.0 Å². The van der Waals surface area contributed by atoms with Crippen molar-refractivity contribution in [3.8, 4) is 5.75 Å². The maximum Gasteiger partial charge on any atom is 0.192 e. The van der Waals surface area contributed by atoms with Gasteiger partial charge in [0.2, 0.25) is 0 Å². The summed E-state index contributed by atoms with van der Waals surface area (Å²) in [6, 6.07) is 2.75. The summed E-state index contributed by atoms with van der Waals surface area (Å²) >= 11 is 3.24. The van der Waals surface area contributed by atoms with E-state index in [1.54, 1.807) is 0 Å². The largest absolute Gasteiger partial charge is 0.494 e. The first-order valence-corrected chi connectivity index (χ1v) is 4.98. The molecule has 78 valence electrons. The zero-order valence-corrected chi connectivity index (χ0v) is 9.39. The highest BCUT2D eigenvalue weighted by Gasteiger charge is 2.13. The molecule has 5 heteroatoms. The molecule has 0 aliphatic heterocycles. The van der Waals surface area contributed by atoms with Gasteiger partial charge in [0.15, 0.2) is 17.0 Å². The highest BCUT2D eigenvalue weighted by Crippen LogP contribution is 2.29. The van der Waals surface area contributed by atoms with Gasteiger partial charge in [-0.3, -0.25) is 4.79 Å². The molecule has 0 aliphatic carbocycles. The number of aromatic amines is 1. The second-order valence-corrected chi connectivity index (χ2v) is 3.82. The average molecular weight is 272 g/mol. The molecule has 0 aliphatic rings. The number of benzene rings is 1. The summed E-state index contributed by atoms with van der Waals surface area (Å²) in [4.78, 5) is 14.3. The fraction of sp³-hybridized carbons (Fsp3) is 0.100. The Morgan fingerprint density at radius 2 is 2.27 bits per heavy atom. The Kier molecular flexibility index (Phi) is 2.48. The SMILES string of the molecule is COc1cc(Br)c2[nH]ccc(=O)c2c1F. The van der Waals surface area contributed by atoms with Gasteiger partial charge in [-0.15, -0.1) is 0 Å². The van der Waals surface area contributed by atoms with Gasteiger partial charge in [-0.1, -0.05) is 0 Å². The van der Waals surface area contributed by atoms with Crippen molar-refractivity contribution in [2.24, 2.45) is 0 Å². The third-order valence-corrected chi connectivity index (χ3v) is 2.74. The quantitative estimate of drug-likeness (QED) is 0.866. The first-order chi connectivity index (χ1) is 7.15. The van der Waals surface area contributed by atoms with E-state index in [0.717, 1.165) is 0 Å². The lowest BCUT2D eigenvalue weighted by Gasteiger charge is -2.06. The van der Waals surface area contributed by atoms with Crippen molar-refractivity contribution in [2.45, 2.75) is 0 Å². The molecule has 0 saturated carbocycles. The smallest absolute Gasteiger partial charge is 0.192 e. The van der Waals surface area contributed by atoms with Gasteiger partial charge in [0.05, 0.1) is 18.0 Å². The van der Waals surface area contributed by atoms with Crippen LogP contribution in [0.5, 0.6) is 5.75 Å². The minimum atomic E-state index is -0.641. The Morgan fingerprint density at radius 3 is 2.93 bits per heavy atom. The number of aromatic nitrogens is 1. The summed E-state index contributed by atoms with van der Waals surface area (Å²) in [6.45, 7) is 0. The van der Waals surface area contributed by atoms with Gasteiger partial charge in [-0.25, -0.2) is 4.39 Å². The molecule has 0 spiro atoms. The van der Waals surface area contributed by atoms with Crippen LogP contribution in [0.4, 0.5) is 4.39 Å². The zero-order valence-electron chi connectivity index (χ0n) is 7.80. The molecular weight excluding hydrogens is 265 g/mol. The molecule has 1 heterocycles. The van der Waals surface area contributed by atoms with Gasteiger partial charge < -0.3 is 9.72 Å². The molecule has 0 bridgehead atoms. The van der Waals surface area contributed by atoms with Gasteiger partial charge in [-0.05, 0) is 22.0 Å². The number of hydrogen-bond donors (Lipinski definition) is 1. The summed E-state index contributed by atoms with van der Waals surface area (Å²) < 4.78 is 19.2. The van der Waals surface area contributed by atoms with Crippen molar-refractivity contribution in [2.75, 3.05) is 7.11 Å². The van der Waals surface area contributed by atoms with Crippen molar-refractivity contribution in [3.05, 3.63) is 38.8 Å². The monoisotopic (exact) mass is 271 g/mol. The van der Waals surface area contributed by atoms with E-state index in [-0.39, 0.29) is 16.6 Å². The number of nitrogens with one attached hydrogen (secondary N) is 1. The van der Waals surface area contributed by atoms with Crippen LogP contribution in [0.25, 0.3) is 10.9 Å². The molecule has 3 nitrogen and oxygen atoms in total. The van der Waals surface area contributed by atoms with Crippen LogP contribution < -0.4 is 10.2 Å². The number of H-pyrrole nitrogens is 1. The highest BCUT2D eigenvalue weighted by atomic mass is 79.9. The summed E-state index contributed by atoms with van der Waals surface area (Å²) in [5.74, 6) is -0.594. The fourth-order valence-corrected chi connectivity index (χ4v) is 1.93. The Bertz CT molecular complexity index is 579. The van der Waals surface area contributed by atoms with Crippen molar-refractivity contribution in [1.82, 2.24) is 4.98 Å². The van der Waals surface area contributed by atoms with Crippen LogP contribution in [0.3, 0.4) is 0 Å². The zero-order chi connectivity index (χ0) is 11.0. The number of rotatable bonds is 1. The van der Waals surface area contributed by atoms with Crippen LogP contribution in [0.1, 0.15) is 0 Å². The summed E-state index contributed by atoms with van der Waals surface area (Å²) in [5.41, 5.74) is 0.0571. The number of ether oxygens (including phenoxy) is 1. The molecule has 0 radical (unpaired) electrons. The molecule has 0 amide bonds. The maximum absolute atomic E-state index is 13.7. The van der Waals surface area contributed by atoms with Gasteiger partial charge >= 0.3 is 0 Å². The van der Waals surface area contributed by atoms with E-state index in [4.69, 9.17) is 4.74 Å². The number of fused-ring (bicyclic) bond motifs is 1. The average Bonchev–Trinajstić information content (AvgIpc) is 2.23. The number of hydrogen-bond acceptors (Lipinski definition) is 2. The van der Waals surface area contributed by atoms with Crippen LogP contribution in [0.2, 0.25) is 0 Å². The topological polar surface area (TPSA) is 42.1 Å². The van der Waals surface area contributed by atoms with Crippen LogP contribution in [0.15, 0.2) is 27.6 Å². The second-order valence-electron chi connectivity index (χ2n) is 2.97. The molecule has 15 heavy (non-hydrogen) atoms. The highest BCUT2D eigenvalue weighted by molar-refractivity contribution is 9.10. The standard InChI is InChI=1S/C10H7BrFNO2/c1-15-7-4-5(11)10-8(9(7)12)6(14)2-3-13-10/h2-4H,1H3,(H,13,14). The second kappa shape index (κ2) is 3.66. The van der Waals surface area contributed by atoms with Crippen molar-refractivity contribution < 1.29 is 9.13 Å². The molecule has 0 unspecified atom stereocenters. The number of halogens is 2. The molecule has 2 aromatic rings. The third-order valence-electron chi connectivity index (χ3n) is 2.11.